The monoisotopic (exact) mass is 489 g/mol. The smallest absolute Gasteiger partial charge is 0.317 e. The number of benzene rings is 1. The van der Waals surface area contributed by atoms with E-state index in [1.54, 1.807) is 28.9 Å². The Morgan fingerprint density at radius 3 is 2.69 bits per heavy atom. The number of aromatic nitrogens is 5. The lowest BCUT2D eigenvalue weighted by Crippen LogP contribution is -2.37. The number of pyridine rings is 1. The molecule has 2 N–H and O–H groups in total. The number of amides is 2. The lowest BCUT2D eigenvalue weighted by Gasteiger charge is -2.18. The van der Waals surface area contributed by atoms with Gasteiger partial charge < -0.3 is 10.2 Å². The van der Waals surface area contributed by atoms with Gasteiger partial charge >= 0.3 is 6.03 Å². The normalized spacial score (nSPS) is 11.0. The number of nitrogens with one attached hydrogen (secondary N) is 2. The molecule has 188 valence electrons. The first-order valence-electron chi connectivity index (χ1n) is 12.2. The van der Waals surface area contributed by atoms with Gasteiger partial charge in [-0.2, -0.15) is 10.2 Å². The maximum Gasteiger partial charge on any atom is 0.317 e. The molecule has 0 radical (unpaired) electrons. The Kier molecular flexibility index (Phi) is 8.10. The highest BCUT2D eigenvalue weighted by Gasteiger charge is 2.10. The number of unbranched alkanes of at least 4 members (excludes halogenated alkanes) is 2. The van der Waals surface area contributed by atoms with E-state index < -0.39 is 0 Å². The van der Waals surface area contributed by atoms with E-state index in [1.807, 2.05) is 44.2 Å². The first-order valence-corrected chi connectivity index (χ1v) is 12.2. The Balaban J connectivity index is 1.14. The molecular weight excluding hydrogens is 457 g/mol. The van der Waals surface area contributed by atoms with Crippen molar-refractivity contribution in [3.05, 3.63) is 83.2 Å². The minimum Gasteiger partial charge on any atom is -0.334 e. The summed E-state index contributed by atoms with van der Waals surface area (Å²) in [5.74, 6) is 0.489. The van der Waals surface area contributed by atoms with Crippen LogP contribution >= 0.6 is 0 Å². The Labute approximate surface area is 210 Å². The van der Waals surface area contributed by atoms with E-state index in [-0.39, 0.29) is 11.8 Å². The van der Waals surface area contributed by atoms with Crippen molar-refractivity contribution in [2.45, 2.75) is 46.1 Å². The third-order valence-electron chi connectivity index (χ3n) is 6.02. The molecular formula is C27H32FN7O. The SMILES string of the molecule is Cc1cc(C)n(-c2ccc(CNC(=O)N(C)CCCCCc3cc(-c4cccc(F)c4)n[nH]3)cn2)n1. The molecule has 0 unspecified atom stereocenters. The zero-order valence-electron chi connectivity index (χ0n) is 21.0. The molecule has 3 aromatic heterocycles. The summed E-state index contributed by atoms with van der Waals surface area (Å²) in [6.07, 6.45) is 5.50. The van der Waals surface area contributed by atoms with Gasteiger partial charge in [-0.25, -0.2) is 18.9 Å². The quantitative estimate of drug-likeness (QED) is 0.308. The Morgan fingerprint density at radius 2 is 1.97 bits per heavy atom. The number of aryl methyl sites for hydroxylation is 3. The summed E-state index contributed by atoms with van der Waals surface area (Å²) >= 11 is 0. The molecule has 0 bridgehead atoms. The molecule has 0 spiro atoms. The zero-order chi connectivity index (χ0) is 25.5. The van der Waals surface area contributed by atoms with Crippen LogP contribution in [0.4, 0.5) is 9.18 Å². The van der Waals surface area contributed by atoms with Crippen LogP contribution in [0.5, 0.6) is 0 Å². The summed E-state index contributed by atoms with van der Waals surface area (Å²) in [7, 11) is 1.81. The van der Waals surface area contributed by atoms with Crippen molar-refractivity contribution >= 4 is 6.03 Å². The van der Waals surface area contributed by atoms with Crippen molar-refractivity contribution in [1.29, 1.82) is 0 Å². The number of carbonyl (C=O) groups is 1. The van der Waals surface area contributed by atoms with Gasteiger partial charge in [0.15, 0.2) is 5.82 Å². The predicted molar refractivity (Wildman–Crippen MR) is 137 cm³/mol. The van der Waals surface area contributed by atoms with Crippen LogP contribution in [-0.4, -0.2) is 49.5 Å². The van der Waals surface area contributed by atoms with Gasteiger partial charge in [-0.3, -0.25) is 5.10 Å². The second-order valence-electron chi connectivity index (χ2n) is 9.04. The van der Waals surface area contributed by atoms with Gasteiger partial charge in [0.05, 0.1) is 11.4 Å². The zero-order valence-corrected chi connectivity index (χ0v) is 21.0. The number of aromatic amines is 1. The molecule has 4 rings (SSSR count). The lowest BCUT2D eigenvalue weighted by molar-refractivity contribution is 0.207. The fourth-order valence-corrected chi connectivity index (χ4v) is 4.05. The van der Waals surface area contributed by atoms with Crippen molar-refractivity contribution in [3.8, 4) is 17.1 Å². The number of hydrogen-bond donors (Lipinski definition) is 2. The summed E-state index contributed by atoms with van der Waals surface area (Å²) in [5, 5.41) is 14.7. The molecule has 3 heterocycles. The van der Waals surface area contributed by atoms with E-state index >= 15 is 0 Å². The Hall–Kier alpha value is -4.01. The van der Waals surface area contributed by atoms with Gasteiger partial charge in [-0.05, 0) is 69.0 Å². The second-order valence-corrected chi connectivity index (χ2v) is 9.04. The molecule has 0 fully saturated rings. The predicted octanol–water partition coefficient (Wildman–Crippen LogP) is 4.97. The summed E-state index contributed by atoms with van der Waals surface area (Å²) in [6, 6.07) is 14.2. The molecule has 36 heavy (non-hydrogen) atoms. The van der Waals surface area contributed by atoms with Crippen LogP contribution in [0.25, 0.3) is 17.1 Å². The van der Waals surface area contributed by atoms with Crippen LogP contribution in [0.2, 0.25) is 0 Å². The number of halogens is 1. The Bertz CT molecular complexity index is 1300. The highest BCUT2D eigenvalue weighted by Crippen LogP contribution is 2.19. The molecule has 0 aliphatic heterocycles. The molecule has 0 saturated carbocycles. The highest BCUT2D eigenvalue weighted by molar-refractivity contribution is 5.73. The van der Waals surface area contributed by atoms with Crippen LogP contribution in [-0.2, 0) is 13.0 Å². The fourth-order valence-electron chi connectivity index (χ4n) is 4.05. The van der Waals surface area contributed by atoms with Crippen LogP contribution in [0.15, 0.2) is 54.7 Å². The van der Waals surface area contributed by atoms with E-state index in [1.165, 1.54) is 12.1 Å². The van der Waals surface area contributed by atoms with E-state index in [2.05, 4.69) is 25.6 Å². The fraction of sp³-hybridized carbons (Fsp3) is 0.333. The molecule has 0 saturated heterocycles. The lowest BCUT2D eigenvalue weighted by atomic mass is 10.1. The van der Waals surface area contributed by atoms with Gasteiger partial charge in [-0.1, -0.05) is 24.6 Å². The first-order chi connectivity index (χ1) is 17.4. The van der Waals surface area contributed by atoms with Crippen molar-refractivity contribution < 1.29 is 9.18 Å². The third-order valence-corrected chi connectivity index (χ3v) is 6.02. The summed E-state index contributed by atoms with van der Waals surface area (Å²) in [6.45, 7) is 5.04. The molecule has 1 aromatic carbocycles. The van der Waals surface area contributed by atoms with Gasteiger partial charge in [0.1, 0.15) is 5.82 Å². The topological polar surface area (TPSA) is 91.7 Å². The average molecular weight is 490 g/mol. The molecule has 0 atom stereocenters. The van der Waals surface area contributed by atoms with Crippen molar-refractivity contribution in [1.82, 2.24) is 35.2 Å². The maximum absolute atomic E-state index is 13.4. The standard InChI is InChI=1S/C27H32FN7O/c1-19-14-20(2)35(33-19)26-12-11-21(17-29-26)18-30-27(36)34(3)13-6-4-5-10-24-16-25(32-31-24)22-8-7-9-23(28)15-22/h7-9,11-12,14-17H,4-6,10,13,18H2,1-3H3,(H,30,36)(H,31,32). The highest BCUT2D eigenvalue weighted by atomic mass is 19.1. The van der Waals surface area contributed by atoms with Gasteiger partial charge in [-0.15, -0.1) is 0 Å². The van der Waals surface area contributed by atoms with E-state index in [0.29, 0.717) is 13.1 Å². The van der Waals surface area contributed by atoms with Gasteiger partial charge in [0.2, 0.25) is 0 Å². The maximum atomic E-state index is 13.4. The second kappa shape index (κ2) is 11.6. The summed E-state index contributed by atoms with van der Waals surface area (Å²) in [4.78, 5) is 18.6. The van der Waals surface area contributed by atoms with Crippen molar-refractivity contribution in [2.75, 3.05) is 13.6 Å². The minimum atomic E-state index is -0.268. The number of H-pyrrole nitrogens is 1. The van der Waals surface area contributed by atoms with E-state index in [0.717, 1.165) is 65.4 Å². The summed E-state index contributed by atoms with van der Waals surface area (Å²) in [5.41, 5.74) is 5.44. The van der Waals surface area contributed by atoms with Crippen molar-refractivity contribution in [3.63, 3.8) is 0 Å². The minimum absolute atomic E-state index is 0.106. The first kappa shape index (κ1) is 25.1. The number of hydrogen-bond acceptors (Lipinski definition) is 4. The largest absolute Gasteiger partial charge is 0.334 e. The van der Waals surface area contributed by atoms with Crippen LogP contribution in [0.1, 0.15) is 41.9 Å². The number of nitrogens with zero attached hydrogens (tertiary/aromatic N) is 5. The van der Waals surface area contributed by atoms with Crippen LogP contribution in [0, 0.1) is 19.7 Å². The number of carbonyl (C=O) groups excluding carboxylic acids is 1. The van der Waals surface area contributed by atoms with Crippen molar-refractivity contribution in [2.24, 2.45) is 0 Å². The molecule has 4 aromatic rings. The third kappa shape index (κ3) is 6.56. The molecule has 9 heteroatoms. The van der Waals surface area contributed by atoms with Gasteiger partial charge in [0.25, 0.3) is 0 Å². The summed E-state index contributed by atoms with van der Waals surface area (Å²) < 4.78 is 15.2. The van der Waals surface area contributed by atoms with Crippen LogP contribution in [0.3, 0.4) is 0 Å². The van der Waals surface area contributed by atoms with Crippen LogP contribution < -0.4 is 5.32 Å². The number of urea groups is 1. The number of rotatable bonds is 10. The average Bonchev–Trinajstić information content (AvgIpc) is 3.48. The van der Waals surface area contributed by atoms with E-state index in [9.17, 15) is 9.18 Å². The molecule has 8 nitrogen and oxygen atoms in total. The Morgan fingerprint density at radius 1 is 1.11 bits per heavy atom. The molecule has 0 aliphatic rings. The molecule has 2 amide bonds. The van der Waals surface area contributed by atoms with Gasteiger partial charge in [0, 0.05) is 43.3 Å². The van der Waals surface area contributed by atoms with E-state index in [4.69, 9.17) is 0 Å². The molecule has 0 aliphatic carbocycles.